The number of allylic oxidation sites excluding steroid dienone is 2. The summed E-state index contributed by atoms with van der Waals surface area (Å²) in [5, 5.41) is 0. The van der Waals surface area contributed by atoms with E-state index >= 15 is 0 Å². The van der Waals surface area contributed by atoms with Crippen molar-refractivity contribution in [3.05, 3.63) is 76.6 Å². The number of hydrogen-bond acceptors (Lipinski definition) is 1. The fourth-order valence-corrected chi connectivity index (χ4v) is 5.49. The molecule has 2 aliphatic carbocycles. The molecule has 2 saturated carbocycles. The quantitative estimate of drug-likeness (QED) is 0.212. The highest BCUT2D eigenvalue weighted by Gasteiger charge is 2.44. The van der Waals surface area contributed by atoms with E-state index in [1.807, 2.05) is 0 Å². The second-order valence-electron chi connectivity index (χ2n) is 10.1. The highest BCUT2D eigenvalue weighted by atomic mass is 19.3. The fraction of sp³-hybridized carbons (Fsp3) is 0.500. The van der Waals surface area contributed by atoms with Crippen molar-refractivity contribution in [1.82, 2.24) is 0 Å². The molecule has 1 nitrogen and oxygen atoms in total. The molecule has 2 aromatic rings. The van der Waals surface area contributed by atoms with Crippen molar-refractivity contribution in [2.45, 2.75) is 70.3 Å². The first-order valence-corrected chi connectivity index (χ1v) is 12.4. The van der Waals surface area contributed by atoms with Gasteiger partial charge in [-0.05, 0) is 93.7 Å². The molecule has 4 rings (SSSR count). The number of ether oxygens (including phenoxy) is 1. The smallest absolute Gasteiger partial charge is 0.400 e. The summed E-state index contributed by atoms with van der Waals surface area (Å²) in [6, 6.07) is 3.56. The van der Waals surface area contributed by atoms with Crippen molar-refractivity contribution in [2.75, 3.05) is 0 Å². The van der Waals surface area contributed by atoms with Crippen LogP contribution >= 0.6 is 0 Å². The van der Waals surface area contributed by atoms with Gasteiger partial charge >= 0.3 is 6.11 Å². The van der Waals surface area contributed by atoms with Crippen LogP contribution in [0.3, 0.4) is 0 Å². The van der Waals surface area contributed by atoms with Gasteiger partial charge in [-0.3, -0.25) is 0 Å². The number of rotatable bonds is 6. The molecule has 0 radical (unpaired) electrons. The van der Waals surface area contributed by atoms with E-state index in [4.69, 9.17) is 0 Å². The molecule has 0 heterocycles. The van der Waals surface area contributed by atoms with Crippen LogP contribution in [0.15, 0.2) is 36.4 Å². The largest absolute Gasteiger partial charge is 0.432 e. The number of hydrogen-bond donors (Lipinski definition) is 0. The topological polar surface area (TPSA) is 9.23 Å². The molecular weight excluding hydrogens is 485 g/mol. The molecule has 0 atom stereocenters. The molecule has 8 heteroatoms. The summed E-state index contributed by atoms with van der Waals surface area (Å²) in [5.41, 5.74) is 0.735. The molecule has 36 heavy (non-hydrogen) atoms. The van der Waals surface area contributed by atoms with E-state index in [-0.39, 0.29) is 36.2 Å². The average Bonchev–Trinajstić information content (AvgIpc) is 2.81. The van der Waals surface area contributed by atoms with E-state index in [0.29, 0.717) is 43.4 Å². The zero-order valence-corrected chi connectivity index (χ0v) is 20.0. The Kier molecular flexibility index (Phi) is 8.00. The van der Waals surface area contributed by atoms with Gasteiger partial charge in [-0.2, -0.15) is 8.78 Å². The predicted molar refractivity (Wildman–Crippen MR) is 122 cm³/mol. The van der Waals surface area contributed by atoms with Crippen LogP contribution in [-0.2, 0) is 0 Å². The molecule has 196 valence electrons. The Morgan fingerprint density at radius 2 is 1.17 bits per heavy atom. The molecule has 0 unspecified atom stereocenters. The van der Waals surface area contributed by atoms with Crippen LogP contribution in [-0.4, -0.2) is 6.11 Å². The van der Waals surface area contributed by atoms with Gasteiger partial charge in [0.05, 0.1) is 5.92 Å². The molecule has 0 aliphatic heterocycles. The van der Waals surface area contributed by atoms with Crippen LogP contribution in [0.4, 0.5) is 30.7 Å². The van der Waals surface area contributed by atoms with E-state index in [0.717, 1.165) is 12.8 Å². The van der Waals surface area contributed by atoms with Crippen molar-refractivity contribution >= 4 is 0 Å². The van der Waals surface area contributed by atoms with Gasteiger partial charge in [0.25, 0.3) is 0 Å². The number of halogens is 7. The Hall–Kier alpha value is -2.51. The highest BCUT2D eigenvalue weighted by Crippen LogP contribution is 2.42. The second kappa shape index (κ2) is 10.9. The second-order valence-corrected chi connectivity index (χ2v) is 10.1. The lowest BCUT2D eigenvalue weighted by atomic mass is 9.77. The minimum atomic E-state index is -3.63. The monoisotopic (exact) mass is 514 g/mol. The fourth-order valence-electron chi connectivity index (χ4n) is 5.49. The average molecular weight is 515 g/mol. The zero-order valence-electron chi connectivity index (χ0n) is 20.0. The van der Waals surface area contributed by atoms with Crippen LogP contribution in [0.1, 0.15) is 68.4 Å². The normalized spacial score (nSPS) is 25.3. The van der Waals surface area contributed by atoms with Gasteiger partial charge in [0.1, 0.15) is 17.4 Å². The van der Waals surface area contributed by atoms with Gasteiger partial charge in [0, 0.05) is 17.7 Å². The number of alkyl halides is 2. The summed E-state index contributed by atoms with van der Waals surface area (Å²) in [4.78, 5) is 0. The maximum atomic E-state index is 14.6. The Bertz CT molecular complexity index is 1050. The van der Waals surface area contributed by atoms with E-state index in [9.17, 15) is 30.7 Å². The molecule has 0 amide bonds. The molecule has 0 bridgehead atoms. The van der Waals surface area contributed by atoms with Crippen LogP contribution < -0.4 is 4.74 Å². The molecule has 0 N–H and O–H groups in total. The van der Waals surface area contributed by atoms with E-state index < -0.39 is 46.9 Å². The Morgan fingerprint density at radius 1 is 0.694 bits per heavy atom. The summed E-state index contributed by atoms with van der Waals surface area (Å²) < 4.78 is 102. The third kappa shape index (κ3) is 6.06. The summed E-state index contributed by atoms with van der Waals surface area (Å²) in [7, 11) is 0. The van der Waals surface area contributed by atoms with E-state index in [1.165, 1.54) is 12.1 Å². The highest BCUT2D eigenvalue weighted by molar-refractivity contribution is 5.29. The summed E-state index contributed by atoms with van der Waals surface area (Å²) >= 11 is 0. The third-order valence-corrected chi connectivity index (χ3v) is 7.52. The third-order valence-electron chi connectivity index (χ3n) is 7.52. The first-order valence-electron chi connectivity index (χ1n) is 12.4. The van der Waals surface area contributed by atoms with Crippen LogP contribution in [0, 0.1) is 53.8 Å². The minimum absolute atomic E-state index is 0.127. The summed E-state index contributed by atoms with van der Waals surface area (Å²) in [5.74, 6) is -7.48. The van der Waals surface area contributed by atoms with Crippen molar-refractivity contribution in [1.29, 1.82) is 0 Å². The Balaban J connectivity index is 1.26. The zero-order chi connectivity index (χ0) is 26.0. The predicted octanol–water partition coefficient (Wildman–Crippen LogP) is 9.00. The lowest BCUT2D eigenvalue weighted by Crippen LogP contribution is -2.37. The molecular formula is C28H29F7O. The van der Waals surface area contributed by atoms with Crippen molar-refractivity contribution in [3.8, 4) is 5.75 Å². The van der Waals surface area contributed by atoms with Crippen molar-refractivity contribution in [3.63, 3.8) is 0 Å². The van der Waals surface area contributed by atoms with Crippen molar-refractivity contribution in [2.24, 2.45) is 17.8 Å². The van der Waals surface area contributed by atoms with Gasteiger partial charge in [-0.1, -0.05) is 12.2 Å². The first kappa shape index (κ1) is 26.6. The molecule has 0 aromatic heterocycles. The summed E-state index contributed by atoms with van der Waals surface area (Å²) in [6.45, 7) is 1.66. The van der Waals surface area contributed by atoms with Crippen LogP contribution in [0.2, 0.25) is 0 Å². The molecule has 0 spiro atoms. The Labute approximate surface area is 206 Å². The van der Waals surface area contributed by atoms with E-state index in [2.05, 4.69) is 16.9 Å². The number of aryl methyl sites for hydroxylation is 1. The summed E-state index contributed by atoms with van der Waals surface area (Å²) in [6.07, 6.45) is 4.88. The SMILES string of the molecule is Cc1cc(F)c(C2CCC(/C=C/C3CCC(C(F)(F)Oc4cc(F)c(F)c(F)c4)CC3)CC2)c(F)c1. The number of benzene rings is 2. The molecule has 2 aromatic carbocycles. The van der Waals surface area contributed by atoms with Gasteiger partial charge in [0.2, 0.25) is 0 Å². The van der Waals surface area contributed by atoms with Crippen LogP contribution in [0.25, 0.3) is 0 Å². The molecule has 2 fully saturated rings. The standard InChI is InChI=1S/C28H29F7O/c1-16-12-22(29)26(23(30)13-16)19-8-4-17(5-9-19)2-3-18-6-10-20(11-7-18)28(34,35)36-21-14-24(31)27(33)25(32)15-21/h2-3,12-15,17-20H,4-11H2,1H3/b3-2+. The van der Waals surface area contributed by atoms with E-state index in [1.54, 1.807) is 6.92 Å². The molecule has 2 aliphatic rings. The van der Waals surface area contributed by atoms with Gasteiger partial charge in [-0.25, -0.2) is 22.0 Å². The maximum Gasteiger partial charge on any atom is 0.400 e. The first-order chi connectivity index (χ1) is 17.0. The maximum absolute atomic E-state index is 14.6. The van der Waals surface area contributed by atoms with Crippen molar-refractivity contribution < 1.29 is 35.5 Å². The molecule has 0 saturated heterocycles. The van der Waals surface area contributed by atoms with Gasteiger partial charge in [0.15, 0.2) is 17.5 Å². The van der Waals surface area contributed by atoms with Gasteiger partial charge < -0.3 is 4.74 Å². The minimum Gasteiger partial charge on any atom is -0.432 e. The lowest BCUT2D eigenvalue weighted by molar-refractivity contribution is -0.223. The Morgan fingerprint density at radius 3 is 1.67 bits per heavy atom. The lowest BCUT2D eigenvalue weighted by Gasteiger charge is -2.32. The van der Waals surface area contributed by atoms with Crippen LogP contribution in [0.5, 0.6) is 5.75 Å². The van der Waals surface area contributed by atoms with Gasteiger partial charge in [-0.15, -0.1) is 0 Å².